The molecule has 3 rings (SSSR count). The molecule has 0 aromatic heterocycles. The summed E-state index contributed by atoms with van der Waals surface area (Å²) in [4.78, 5) is 4.65. The average molecular weight is 323 g/mol. The second-order valence-corrected chi connectivity index (χ2v) is 6.41. The minimum absolute atomic E-state index is 0.127. The summed E-state index contributed by atoms with van der Waals surface area (Å²) in [5, 5.41) is 3.16. The molecule has 4 heteroatoms. The molecule has 0 unspecified atom stereocenters. The van der Waals surface area contributed by atoms with Crippen LogP contribution < -0.4 is 15.8 Å². The molecule has 2 aromatic rings. The van der Waals surface area contributed by atoms with E-state index >= 15 is 0 Å². The number of guanidine groups is 1. The van der Waals surface area contributed by atoms with E-state index in [-0.39, 0.29) is 5.41 Å². The van der Waals surface area contributed by atoms with Crippen LogP contribution >= 0.6 is 0 Å². The van der Waals surface area contributed by atoms with Gasteiger partial charge in [0.1, 0.15) is 5.75 Å². The fourth-order valence-corrected chi connectivity index (χ4v) is 3.51. The van der Waals surface area contributed by atoms with E-state index in [1.807, 2.05) is 24.3 Å². The lowest BCUT2D eigenvalue weighted by atomic mass is 9.79. The van der Waals surface area contributed by atoms with Crippen molar-refractivity contribution in [3.63, 3.8) is 0 Å². The molecule has 0 spiro atoms. The maximum Gasteiger partial charge on any atom is 0.193 e. The minimum atomic E-state index is 0.127. The summed E-state index contributed by atoms with van der Waals surface area (Å²) in [7, 11) is 1.65. The Morgan fingerprint density at radius 3 is 2.58 bits per heavy atom. The first kappa shape index (κ1) is 16.4. The summed E-state index contributed by atoms with van der Waals surface area (Å²) in [6.45, 7) is 0.722. The number of aliphatic imine (C=N–C) groups is 1. The first-order valence-electron chi connectivity index (χ1n) is 8.48. The van der Waals surface area contributed by atoms with Gasteiger partial charge in [-0.05, 0) is 30.5 Å². The van der Waals surface area contributed by atoms with Crippen LogP contribution in [-0.2, 0) is 5.41 Å². The molecule has 126 valence electrons. The van der Waals surface area contributed by atoms with E-state index in [2.05, 4.69) is 40.6 Å². The Labute approximate surface area is 143 Å². The molecule has 0 saturated heterocycles. The Balaban J connectivity index is 1.72. The predicted octanol–water partition coefficient (Wildman–Crippen LogP) is 3.93. The molecular weight excluding hydrogens is 298 g/mol. The second-order valence-electron chi connectivity index (χ2n) is 6.41. The fraction of sp³-hybridized carbons (Fsp3) is 0.350. The van der Waals surface area contributed by atoms with E-state index in [4.69, 9.17) is 10.5 Å². The van der Waals surface area contributed by atoms with Gasteiger partial charge < -0.3 is 15.8 Å². The van der Waals surface area contributed by atoms with Gasteiger partial charge in [-0.25, -0.2) is 0 Å². The topological polar surface area (TPSA) is 59.6 Å². The normalized spacial score (nSPS) is 16.8. The molecule has 0 bridgehead atoms. The van der Waals surface area contributed by atoms with Crippen LogP contribution in [0.3, 0.4) is 0 Å². The van der Waals surface area contributed by atoms with Crippen LogP contribution in [0.1, 0.15) is 31.2 Å². The Kier molecular flexibility index (Phi) is 5.04. The van der Waals surface area contributed by atoms with Crippen molar-refractivity contribution in [3.05, 3.63) is 60.2 Å². The molecule has 1 saturated carbocycles. The Morgan fingerprint density at radius 1 is 1.12 bits per heavy atom. The van der Waals surface area contributed by atoms with Gasteiger partial charge in [0.2, 0.25) is 0 Å². The lowest BCUT2D eigenvalue weighted by Crippen LogP contribution is -2.30. The first-order valence-corrected chi connectivity index (χ1v) is 8.48. The minimum Gasteiger partial charge on any atom is -0.497 e. The highest BCUT2D eigenvalue weighted by molar-refractivity contribution is 5.92. The number of hydrogen-bond donors (Lipinski definition) is 2. The molecule has 1 fully saturated rings. The van der Waals surface area contributed by atoms with Crippen LogP contribution in [0.2, 0.25) is 0 Å². The molecule has 0 radical (unpaired) electrons. The standard InChI is InChI=1S/C20H25N3O/c1-24-18-11-7-10-17(14-18)23-19(21)22-15-20(12-5-6-13-20)16-8-3-2-4-9-16/h2-4,7-11,14H,5-6,12-13,15H2,1H3,(H3,21,22,23). The van der Waals surface area contributed by atoms with Crippen LogP contribution in [0.4, 0.5) is 5.69 Å². The Bertz CT molecular complexity index is 691. The van der Waals surface area contributed by atoms with Crippen molar-refractivity contribution in [1.29, 1.82) is 0 Å². The number of ether oxygens (including phenoxy) is 1. The molecule has 0 atom stereocenters. The lowest BCUT2D eigenvalue weighted by Gasteiger charge is -2.28. The zero-order chi connectivity index (χ0) is 16.8. The summed E-state index contributed by atoms with van der Waals surface area (Å²) >= 11 is 0. The van der Waals surface area contributed by atoms with E-state index in [1.54, 1.807) is 7.11 Å². The van der Waals surface area contributed by atoms with Gasteiger partial charge in [-0.1, -0.05) is 49.2 Å². The number of nitrogens with two attached hydrogens (primary N) is 1. The van der Waals surface area contributed by atoms with Crippen LogP contribution in [0.5, 0.6) is 5.75 Å². The monoisotopic (exact) mass is 323 g/mol. The maximum atomic E-state index is 6.11. The van der Waals surface area contributed by atoms with E-state index in [9.17, 15) is 0 Å². The van der Waals surface area contributed by atoms with Gasteiger partial charge in [-0.3, -0.25) is 4.99 Å². The van der Waals surface area contributed by atoms with Gasteiger partial charge in [-0.2, -0.15) is 0 Å². The summed E-state index contributed by atoms with van der Waals surface area (Å²) in [5.41, 5.74) is 8.50. The predicted molar refractivity (Wildman–Crippen MR) is 99.7 cm³/mol. The SMILES string of the molecule is COc1cccc(NC(N)=NCC2(c3ccccc3)CCCC2)c1. The van der Waals surface area contributed by atoms with E-state index in [0.29, 0.717) is 5.96 Å². The second kappa shape index (κ2) is 7.39. The zero-order valence-corrected chi connectivity index (χ0v) is 14.2. The third-order valence-corrected chi connectivity index (χ3v) is 4.84. The number of hydrogen-bond acceptors (Lipinski definition) is 2. The van der Waals surface area contributed by atoms with Crippen LogP contribution in [0.15, 0.2) is 59.6 Å². The highest BCUT2D eigenvalue weighted by Gasteiger charge is 2.35. The molecule has 0 amide bonds. The molecule has 3 N–H and O–H groups in total. The van der Waals surface area contributed by atoms with Gasteiger partial charge in [0.05, 0.1) is 13.7 Å². The van der Waals surface area contributed by atoms with Crippen molar-refractivity contribution in [2.45, 2.75) is 31.1 Å². The number of rotatable bonds is 5. The highest BCUT2D eigenvalue weighted by atomic mass is 16.5. The fourth-order valence-electron chi connectivity index (χ4n) is 3.51. The van der Waals surface area contributed by atoms with E-state index in [0.717, 1.165) is 18.0 Å². The number of nitrogens with zero attached hydrogens (tertiary/aromatic N) is 1. The molecule has 1 aliphatic carbocycles. The molecule has 0 heterocycles. The van der Waals surface area contributed by atoms with Crippen LogP contribution in [-0.4, -0.2) is 19.6 Å². The molecule has 2 aromatic carbocycles. The quantitative estimate of drug-likeness (QED) is 0.647. The zero-order valence-electron chi connectivity index (χ0n) is 14.2. The maximum absolute atomic E-state index is 6.11. The third-order valence-electron chi connectivity index (χ3n) is 4.84. The van der Waals surface area contributed by atoms with Crippen molar-refractivity contribution < 1.29 is 4.74 Å². The Hall–Kier alpha value is -2.49. The summed E-state index contributed by atoms with van der Waals surface area (Å²) in [5.74, 6) is 1.25. The molecule has 0 aliphatic heterocycles. The van der Waals surface area contributed by atoms with Gasteiger partial charge in [0.25, 0.3) is 0 Å². The largest absolute Gasteiger partial charge is 0.497 e. The van der Waals surface area contributed by atoms with Crippen molar-refractivity contribution in [2.24, 2.45) is 10.7 Å². The molecule has 1 aliphatic rings. The number of nitrogens with one attached hydrogen (secondary N) is 1. The summed E-state index contributed by atoms with van der Waals surface area (Å²) in [6, 6.07) is 18.4. The Morgan fingerprint density at radius 2 is 1.88 bits per heavy atom. The average Bonchev–Trinajstić information content (AvgIpc) is 3.11. The molecule has 24 heavy (non-hydrogen) atoms. The first-order chi connectivity index (χ1) is 11.7. The van der Waals surface area contributed by atoms with Crippen molar-refractivity contribution in [2.75, 3.05) is 19.0 Å². The van der Waals surface area contributed by atoms with Crippen LogP contribution in [0.25, 0.3) is 0 Å². The van der Waals surface area contributed by atoms with E-state index in [1.165, 1.54) is 31.2 Å². The van der Waals surface area contributed by atoms with Crippen molar-refractivity contribution in [3.8, 4) is 5.75 Å². The van der Waals surface area contributed by atoms with E-state index < -0.39 is 0 Å². The van der Waals surface area contributed by atoms with Gasteiger partial charge >= 0.3 is 0 Å². The molecular formula is C20H25N3O. The molecule has 4 nitrogen and oxygen atoms in total. The lowest BCUT2D eigenvalue weighted by molar-refractivity contribution is 0.415. The summed E-state index contributed by atoms with van der Waals surface area (Å²) < 4.78 is 5.23. The third kappa shape index (κ3) is 3.70. The van der Waals surface area contributed by atoms with Gasteiger partial charge in [-0.15, -0.1) is 0 Å². The van der Waals surface area contributed by atoms with Crippen molar-refractivity contribution >= 4 is 11.6 Å². The van der Waals surface area contributed by atoms with Crippen molar-refractivity contribution in [1.82, 2.24) is 0 Å². The smallest absolute Gasteiger partial charge is 0.193 e. The highest BCUT2D eigenvalue weighted by Crippen LogP contribution is 2.41. The van der Waals surface area contributed by atoms with Gasteiger partial charge in [0, 0.05) is 17.2 Å². The van der Waals surface area contributed by atoms with Crippen LogP contribution in [0, 0.1) is 0 Å². The van der Waals surface area contributed by atoms with Gasteiger partial charge in [0.15, 0.2) is 5.96 Å². The number of methoxy groups -OCH3 is 1. The summed E-state index contributed by atoms with van der Waals surface area (Å²) in [6.07, 6.45) is 4.86. The number of benzene rings is 2. The number of anilines is 1.